The normalized spacial score (nSPS) is 28.9. The van der Waals surface area contributed by atoms with E-state index < -0.39 is 0 Å². The van der Waals surface area contributed by atoms with Crippen LogP contribution in [0.25, 0.3) is 0 Å². The lowest BCUT2D eigenvalue weighted by Gasteiger charge is -2.32. The van der Waals surface area contributed by atoms with Gasteiger partial charge in [-0.2, -0.15) is 0 Å². The number of allylic oxidation sites excluding steroid dienone is 4. The van der Waals surface area contributed by atoms with Crippen LogP contribution in [0, 0.1) is 16.7 Å². The van der Waals surface area contributed by atoms with Crippen molar-refractivity contribution in [2.75, 3.05) is 0 Å². The average Bonchev–Trinajstić information content (AvgIpc) is 2.72. The molecule has 0 N–H and O–H groups in total. The van der Waals surface area contributed by atoms with E-state index in [4.69, 9.17) is 0 Å². The largest absolute Gasteiger partial charge is 0.299 e. The summed E-state index contributed by atoms with van der Waals surface area (Å²) in [4.78, 5) is 21.6. The van der Waals surface area contributed by atoms with E-state index in [1.807, 2.05) is 6.92 Å². The summed E-state index contributed by atoms with van der Waals surface area (Å²) in [6.45, 7) is 12.8. The van der Waals surface area contributed by atoms with Gasteiger partial charge >= 0.3 is 0 Å². The molecule has 2 saturated carbocycles. The van der Waals surface area contributed by atoms with Gasteiger partial charge in [-0.3, -0.25) is 9.59 Å². The molecule has 2 bridgehead atoms. The van der Waals surface area contributed by atoms with Crippen LogP contribution in [0.5, 0.6) is 0 Å². The van der Waals surface area contributed by atoms with Gasteiger partial charge < -0.3 is 0 Å². The summed E-state index contributed by atoms with van der Waals surface area (Å²) < 4.78 is 0. The molecule has 0 amide bonds. The fourth-order valence-electron chi connectivity index (χ4n) is 3.69. The monoisotopic (exact) mass is 304 g/mol. The minimum Gasteiger partial charge on any atom is -0.299 e. The molecule has 2 aliphatic carbocycles. The third kappa shape index (κ3) is 3.97. The molecule has 2 aliphatic rings. The van der Waals surface area contributed by atoms with Crippen molar-refractivity contribution in [3.63, 3.8) is 0 Å². The van der Waals surface area contributed by atoms with Crippen LogP contribution in [0.4, 0.5) is 0 Å². The Morgan fingerprint density at radius 3 is 2.18 bits per heavy atom. The SMILES string of the molecule is CC(C)=CCCC(C)=CC=O.CC12CCC(CC1=O)C2(C)C. The second-order valence-electron chi connectivity index (χ2n) is 7.89. The number of aldehydes is 1. The van der Waals surface area contributed by atoms with E-state index in [2.05, 4.69) is 40.7 Å². The van der Waals surface area contributed by atoms with Crippen LogP contribution >= 0.6 is 0 Å². The molecular formula is C20H32O2. The molecule has 0 aromatic carbocycles. The minimum absolute atomic E-state index is 0.0255. The van der Waals surface area contributed by atoms with Gasteiger partial charge in [-0.15, -0.1) is 0 Å². The van der Waals surface area contributed by atoms with Gasteiger partial charge in [0.25, 0.3) is 0 Å². The fourth-order valence-corrected chi connectivity index (χ4v) is 3.69. The summed E-state index contributed by atoms with van der Waals surface area (Å²) >= 11 is 0. The van der Waals surface area contributed by atoms with Crippen LogP contribution in [-0.2, 0) is 9.59 Å². The summed E-state index contributed by atoms with van der Waals surface area (Å²) in [6.07, 6.45) is 9.93. The zero-order valence-electron chi connectivity index (χ0n) is 15.2. The molecule has 0 radical (unpaired) electrons. The number of hydrogen-bond acceptors (Lipinski definition) is 2. The molecule has 0 spiro atoms. The van der Waals surface area contributed by atoms with E-state index in [1.165, 1.54) is 12.0 Å². The molecule has 0 saturated heterocycles. The van der Waals surface area contributed by atoms with Crippen LogP contribution in [0.15, 0.2) is 23.3 Å². The molecule has 124 valence electrons. The van der Waals surface area contributed by atoms with E-state index in [0.29, 0.717) is 11.7 Å². The van der Waals surface area contributed by atoms with E-state index in [9.17, 15) is 9.59 Å². The number of hydrogen-bond donors (Lipinski definition) is 0. The van der Waals surface area contributed by atoms with Gasteiger partial charge in [-0.1, -0.05) is 38.0 Å². The second-order valence-corrected chi connectivity index (χ2v) is 7.89. The Labute approximate surface area is 136 Å². The molecule has 2 rings (SSSR count). The number of carbonyl (C=O) groups excluding carboxylic acids is 2. The molecule has 0 aliphatic heterocycles. The van der Waals surface area contributed by atoms with Gasteiger partial charge in [-0.25, -0.2) is 0 Å². The quantitative estimate of drug-likeness (QED) is 0.402. The Balaban J connectivity index is 0.000000220. The van der Waals surface area contributed by atoms with Crippen molar-refractivity contribution >= 4 is 12.1 Å². The predicted octanol–water partition coefficient (Wildman–Crippen LogP) is 5.28. The van der Waals surface area contributed by atoms with Crippen molar-refractivity contribution in [2.24, 2.45) is 16.7 Å². The topological polar surface area (TPSA) is 34.1 Å². The van der Waals surface area contributed by atoms with E-state index in [-0.39, 0.29) is 10.8 Å². The Hall–Kier alpha value is -1.18. The molecule has 2 heteroatoms. The highest BCUT2D eigenvalue weighted by molar-refractivity contribution is 5.89. The number of rotatable bonds is 4. The predicted molar refractivity (Wildman–Crippen MR) is 92.7 cm³/mol. The Bertz CT molecular complexity index is 478. The van der Waals surface area contributed by atoms with Crippen LogP contribution in [0.3, 0.4) is 0 Å². The van der Waals surface area contributed by atoms with E-state index >= 15 is 0 Å². The van der Waals surface area contributed by atoms with Gasteiger partial charge in [0.05, 0.1) is 0 Å². The average molecular weight is 304 g/mol. The lowest BCUT2D eigenvalue weighted by molar-refractivity contribution is -0.128. The standard InChI is InChI=1S/2C10H16O/c1-9(2)7-4-5-10(9,3)8(11)6-7;1-9(2)5-4-6-10(3)7-8-11/h7H,4-6H2,1-3H3;5,7-8H,4,6H2,1-3H3. The van der Waals surface area contributed by atoms with Gasteiger partial charge in [0.1, 0.15) is 12.1 Å². The van der Waals surface area contributed by atoms with Crippen LogP contribution < -0.4 is 0 Å². The van der Waals surface area contributed by atoms with Crippen molar-refractivity contribution < 1.29 is 9.59 Å². The summed E-state index contributed by atoms with van der Waals surface area (Å²) in [5.74, 6) is 1.19. The Morgan fingerprint density at radius 1 is 1.23 bits per heavy atom. The van der Waals surface area contributed by atoms with Crippen LogP contribution in [0.2, 0.25) is 0 Å². The summed E-state index contributed by atoms with van der Waals surface area (Å²) in [5.41, 5.74) is 2.79. The summed E-state index contributed by atoms with van der Waals surface area (Å²) in [6, 6.07) is 0. The number of carbonyl (C=O) groups is 2. The highest BCUT2D eigenvalue weighted by atomic mass is 16.1. The second kappa shape index (κ2) is 7.39. The lowest BCUT2D eigenvalue weighted by atomic mass is 9.70. The first kappa shape index (κ1) is 18.9. The number of ketones is 1. The summed E-state index contributed by atoms with van der Waals surface area (Å²) in [7, 11) is 0. The van der Waals surface area contributed by atoms with Gasteiger partial charge in [0.15, 0.2) is 0 Å². The maximum absolute atomic E-state index is 11.6. The van der Waals surface area contributed by atoms with Crippen molar-refractivity contribution in [3.8, 4) is 0 Å². The molecule has 2 unspecified atom stereocenters. The maximum atomic E-state index is 11.6. The fraction of sp³-hybridized carbons (Fsp3) is 0.700. The first-order chi connectivity index (χ1) is 10.1. The molecular weight excluding hydrogens is 272 g/mol. The molecule has 2 nitrogen and oxygen atoms in total. The molecule has 0 heterocycles. The van der Waals surface area contributed by atoms with Gasteiger partial charge in [0.2, 0.25) is 0 Å². The number of fused-ring (bicyclic) bond motifs is 2. The molecule has 2 atom stereocenters. The maximum Gasteiger partial charge on any atom is 0.142 e. The highest BCUT2D eigenvalue weighted by Crippen LogP contribution is 2.63. The zero-order chi connectivity index (χ0) is 17.0. The Morgan fingerprint density at radius 2 is 1.86 bits per heavy atom. The minimum atomic E-state index is 0.0255. The molecule has 0 aromatic heterocycles. The zero-order valence-corrected chi connectivity index (χ0v) is 15.2. The first-order valence-corrected chi connectivity index (χ1v) is 8.42. The molecule has 0 aromatic rings. The Kier molecular flexibility index (Phi) is 6.34. The third-order valence-corrected chi connectivity index (χ3v) is 5.93. The van der Waals surface area contributed by atoms with Crippen molar-refractivity contribution in [3.05, 3.63) is 23.3 Å². The van der Waals surface area contributed by atoms with Crippen molar-refractivity contribution in [1.29, 1.82) is 0 Å². The highest BCUT2D eigenvalue weighted by Gasteiger charge is 2.61. The van der Waals surface area contributed by atoms with Crippen LogP contribution in [-0.4, -0.2) is 12.1 Å². The third-order valence-electron chi connectivity index (χ3n) is 5.93. The first-order valence-electron chi connectivity index (χ1n) is 8.42. The van der Waals surface area contributed by atoms with Gasteiger partial charge in [-0.05, 0) is 63.9 Å². The molecule has 22 heavy (non-hydrogen) atoms. The van der Waals surface area contributed by atoms with Crippen LogP contribution in [0.1, 0.15) is 73.6 Å². The lowest BCUT2D eigenvalue weighted by Crippen LogP contribution is -2.32. The van der Waals surface area contributed by atoms with Gasteiger partial charge in [0, 0.05) is 11.8 Å². The number of Topliss-reactive ketones (excluding diaryl/α,β-unsaturated/α-hetero) is 1. The van der Waals surface area contributed by atoms with Crippen molar-refractivity contribution in [2.45, 2.75) is 73.6 Å². The van der Waals surface area contributed by atoms with E-state index in [1.54, 1.807) is 6.08 Å². The molecule has 2 fully saturated rings. The van der Waals surface area contributed by atoms with Crippen molar-refractivity contribution in [1.82, 2.24) is 0 Å². The smallest absolute Gasteiger partial charge is 0.142 e. The summed E-state index contributed by atoms with van der Waals surface area (Å²) in [5, 5.41) is 0. The van der Waals surface area contributed by atoms with E-state index in [0.717, 1.165) is 37.5 Å².